The fourth-order valence-electron chi connectivity index (χ4n) is 3.44. The zero-order chi connectivity index (χ0) is 21.4. The van der Waals surface area contributed by atoms with Crippen LogP contribution in [0.5, 0.6) is 0 Å². The maximum Gasteiger partial charge on any atom is 0.161 e. The molecule has 5 rings (SSSR count). The molecule has 0 amide bonds. The number of aromatic amines is 1. The van der Waals surface area contributed by atoms with Crippen LogP contribution in [0.2, 0.25) is 0 Å². The molecule has 0 aliphatic heterocycles. The van der Waals surface area contributed by atoms with E-state index in [1.807, 2.05) is 18.5 Å². The standard InChI is InChI=1S/C22H19FN8/c1-13(2)16-9-26-20(14-3-5-15(23)6-4-14)30-21(16)29-17-7-8-25-22-19(17)18(10-27-22)31-12-24-11-28-31/h3-13H,1-2H3,(H2,25,26,27,29,30). The number of fused-ring (bicyclic) bond motifs is 1. The van der Waals surface area contributed by atoms with Crippen LogP contribution in [0, 0.1) is 5.82 Å². The largest absolute Gasteiger partial charge is 0.344 e. The highest BCUT2D eigenvalue weighted by atomic mass is 19.1. The van der Waals surface area contributed by atoms with Crippen LogP contribution in [0.1, 0.15) is 25.3 Å². The van der Waals surface area contributed by atoms with Gasteiger partial charge in [0.2, 0.25) is 0 Å². The summed E-state index contributed by atoms with van der Waals surface area (Å²) in [5, 5.41) is 8.56. The van der Waals surface area contributed by atoms with E-state index in [0.717, 1.165) is 33.5 Å². The fraction of sp³-hybridized carbons (Fsp3) is 0.136. The molecule has 0 radical (unpaired) electrons. The summed E-state index contributed by atoms with van der Waals surface area (Å²) in [6, 6.07) is 8.03. The Hall–Kier alpha value is -4.14. The van der Waals surface area contributed by atoms with Crippen LogP contribution in [-0.4, -0.2) is 34.7 Å². The maximum atomic E-state index is 13.3. The van der Waals surface area contributed by atoms with Crippen LogP contribution in [0.15, 0.2) is 61.6 Å². The molecule has 0 saturated heterocycles. The molecule has 2 N–H and O–H groups in total. The molecule has 0 aliphatic rings. The number of nitrogens with one attached hydrogen (secondary N) is 2. The lowest BCUT2D eigenvalue weighted by Gasteiger charge is -2.15. The summed E-state index contributed by atoms with van der Waals surface area (Å²) < 4.78 is 15.0. The van der Waals surface area contributed by atoms with Crippen LogP contribution in [0.25, 0.3) is 28.1 Å². The van der Waals surface area contributed by atoms with Crippen molar-refractivity contribution in [3.05, 3.63) is 73.0 Å². The molecule has 5 aromatic rings. The molecule has 8 nitrogen and oxygen atoms in total. The average Bonchev–Trinajstić information content (AvgIpc) is 3.44. The Kier molecular flexibility index (Phi) is 4.62. The highest BCUT2D eigenvalue weighted by Crippen LogP contribution is 2.32. The van der Waals surface area contributed by atoms with E-state index in [0.29, 0.717) is 11.6 Å². The summed E-state index contributed by atoms with van der Waals surface area (Å²) in [6.45, 7) is 4.17. The summed E-state index contributed by atoms with van der Waals surface area (Å²) >= 11 is 0. The quantitative estimate of drug-likeness (QED) is 0.436. The number of hydrogen-bond donors (Lipinski definition) is 2. The van der Waals surface area contributed by atoms with E-state index in [1.165, 1.54) is 18.5 Å². The molecule has 0 fully saturated rings. The Balaban J connectivity index is 1.62. The van der Waals surface area contributed by atoms with E-state index in [2.05, 4.69) is 44.2 Å². The van der Waals surface area contributed by atoms with E-state index < -0.39 is 0 Å². The number of H-pyrrole nitrogens is 1. The van der Waals surface area contributed by atoms with Crippen molar-refractivity contribution < 1.29 is 4.39 Å². The molecule has 4 aromatic heterocycles. The van der Waals surface area contributed by atoms with Crippen molar-refractivity contribution in [3.8, 4) is 17.1 Å². The molecular weight excluding hydrogens is 395 g/mol. The molecule has 154 valence electrons. The predicted molar refractivity (Wildman–Crippen MR) is 116 cm³/mol. The number of aromatic nitrogens is 7. The normalized spacial score (nSPS) is 11.4. The van der Waals surface area contributed by atoms with Crippen LogP contribution in [-0.2, 0) is 0 Å². The summed E-state index contributed by atoms with van der Waals surface area (Å²) in [6.07, 6.45) is 8.50. The van der Waals surface area contributed by atoms with Gasteiger partial charge in [0.25, 0.3) is 0 Å². The molecule has 9 heteroatoms. The number of rotatable bonds is 5. The van der Waals surface area contributed by atoms with Gasteiger partial charge in [-0.15, -0.1) is 0 Å². The van der Waals surface area contributed by atoms with Gasteiger partial charge in [-0.05, 0) is 36.2 Å². The number of pyridine rings is 1. The Morgan fingerprint density at radius 3 is 2.68 bits per heavy atom. The smallest absolute Gasteiger partial charge is 0.161 e. The van der Waals surface area contributed by atoms with Crippen molar-refractivity contribution in [2.45, 2.75) is 19.8 Å². The Morgan fingerprint density at radius 2 is 1.94 bits per heavy atom. The van der Waals surface area contributed by atoms with Gasteiger partial charge in [0, 0.05) is 29.7 Å². The van der Waals surface area contributed by atoms with E-state index >= 15 is 0 Å². The molecule has 0 atom stereocenters. The molecule has 0 spiro atoms. The van der Waals surface area contributed by atoms with Crippen molar-refractivity contribution >= 4 is 22.5 Å². The van der Waals surface area contributed by atoms with Crippen molar-refractivity contribution in [3.63, 3.8) is 0 Å². The van der Waals surface area contributed by atoms with Crippen molar-refractivity contribution in [2.24, 2.45) is 0 Å². The van der Waals surface area contributed by atoms with Gasteiger partial charge in [-0.25, -0.2) is 29.0 Å². The van der Waals surface area contributed by atoms with Gasteiger partial charge < -0.3 is 10.3 Å². The van der Waals surface area contributed by atoms with Crippen molar-refractivity contribution in [1.29, 1.82) is 0 Å². The lowest BCUT2D eigenvalue weighted by molar-refractivity contribution is 0.628. The van der Waals surface area contributed by atoms with E-state index in [-0.39, 0.29) is 11.7 Å². The first-order valence-corrected chi connectivity index (χ1v) is 9.81. The summed E-state index contributed by atoms with van der Waals surface area (Å²) in [7, 11) is 0. The molecule has 1 aromatic carbocycles. The summed E-state index contributed by atoms with van der Waals surface area (Å²) in [5.41, 5.74) is 4.07. The predicted octanol–water partition coefficient (Wildman–Crippen LogP) is 4.61. The van der Waals surface area contributed by atoms with E-state index in [4.69, 9.17) is 4.98 Å². The highest BCUT2D eigenvalue weighted by molar-refractivity contribution is 5.98. The minimum atomic E-state index is -0.298. The fourth-order valence-corrected chi connectivity index (χ4v) is 3.44. The maximum absolute atomic E-state index is 13.3. The first-order valence-electron chi connectivity index (χ1n) is 9.81. The molecule has 4 heterocycles. The van der Waals surface area contributed by atoms with Crippen LogP contribution < -0.4 is 5.32 Å². The van der Waals surface area contributed by atoms with Crippen molar-refractivity contribution in [2.75, 3.05) is 5.32 Å². The SMILES string of the molecule is CC(C)c1cnc(-c2ccc(F)cc2)nc1Nc1ccnc2[nH]cc(-n3cncn3)c12. The van der Waals surface area contributed by atoms with Gasteiger partial charge in [0.1, 0.15) is 29.9 Å². The van der Waals surface area contributed by atoms with Gasteiger partial charge in [-0.1, -0.05) is 13.8 Å². The number of anilines is 2. The minimum absolute atomic E-state index is 0.197. The first kappa shape index (κ1) is 18.9. The summed E-state index contributed by atoms with van der Waals surface area (Å²) in [4.78, 5) is 20.9. The zero-order valence-corrected chi connectivity index (χ0v) is 16.9. The van der Waals surface area contributed by atoms with Gasteiger partial charge in [0.05, 0.1) is 16.8 Å². The second kappa shape index (κ2) is 7.60. The van der Waals surface area contributed by atoms with Gasteiger partial charge in [-0.3, -0.25) is 0 Å². The molecule has 0 unspecified atom stereocenters. The second-order valence-electron chi connectivity index (χ2n) is 7.38. The Labute approximate surface area is 177 Å². The Bertz CT molecular complexity index is 1340. The number of halogens is 1. The van der Waals surface area contributed by atoms with Gasteiger partial charge >= 0.3 is 0 Å². The van der Waals surface area contributed by atoms with Gasteiger partial charge in [0.15, 0.2) is 5.82 Å². The zero-order valence-electron chi connectivity index (χ0n) is 16.9. The van der Waals surface area contributed by atoms with E-state index in [9.17, 15) is 4.39 Å². The number of nitrogens with zero attached hydrogens (tertiary/aromatic N) is 6. The number of benzene rings is 1. The lowest BCUT2D eigenvalue weighted by atomic mass is 10.1. The van der Waals surface area contributed by atoms with Crippen molar-refractivity contribution in [1.82, 2.24) is 34.7 Å². The summed E-state index contributed by atoms with van der Waals surface area (Å²) in [5.74, 6) is 1.10. The number of hydrogen-bond acceptors (Lipinski definition) is 6. The third-order valence-corrected chi connectivity index (χ3v) is 5.01. The lowest BCUT2D eigenvalue weighted by Crippen LogP contribution is -2.05. The minimum Gasteiger partial charge on any atom is -0.344 e. The first-order chi connectivity index (χ1) is 15.1. The van der Waals surface area contributed by atoms with Gasteiger partial charge in [-0.2, -0.15) is 5.10 Å². The highest BCUT2D eigenvalue weighted by Gasteiger charge is 2.16. The van der Waals surface area contributed by atoms with Crippen LogP contribution in [0.3, 0.4) is 0 Å². The van der Waals surface area contributed by atoms with Crippen LogP contribution >= 0.6 is 0 Å². The molecule has 0 bridgehead atoms. The Morgan fingerprint density at radius 1 is 1.10 bits per heavy atom. The molecular formula is C22H19FN8. The molecule has 0 aliphatic carbocycles. The third-order valence-electron chi connectivity index (χ3n) is 5.01. The monoisotopic (exact) mass is 414 g/mol. The third kappa shape index (κ3) is 3.50. The topological polar surface area (TPSA) is 97.2 Å². The van der Waals surface area contributed by atoms with Crippen LogP contribution in [0.4, 0.5) is 15.9 Å². The molecule has 31 heavy (non-hydrogen) atoms. The molecule has 0 saturated carbocycles. The average molecular weight is 414 g/mol. The van der Waals surface area contributed by atoms with E-state index in [1.54, 1.807) is 29.3 Å². The second-order valence-corrected chi connectivity index (χ2v) is 7.38.